The molecule has 0 aromatic carbocycles. The van der Waals surface area contributed by atoms with Gasteiger partial charge in [-0.05, 0) is 55.9 Å². The van der Waals surface area contributed by atoms with E-state index in [0.717, 1.165) is 73.2 Å². The van der Waals surface area contributed by atoms with Crippen LogP contribution in [0.2, 0.25) is 0 Å². The lowest BCUT2D eigenvalue weighted by Gasteiger charge is -2.26. The maximum atomic E-state index is 12.1. The van der Waals surface area contributed by atoms with Crippen LogP contribution in [0.3, 0.4) is 0 Å². The Morgan fingerprint density at radius 1 is 0.571 bits per heavy atom. The second kappa shape index (κ2) is 49.9. The van der Waals surface area contributed by atoms with Crippen LogP contribution in [0.4, 0.5) is 0 Å². The molecule has 63 heavy (non-hydrogen) atoms. The normalized spacial score (nSPS) is 11.2. The maximum Gasteiger partial charge on any atom is 0.223 e. The summed E-state index contributed by atoms with van der Waals surface area (Å²) in [6.45, 7) is 23.9. The van der Waals surface area contributed by atoms with Gasteiger partial charge in [0.1, 0.15) is 11.6 Å². The van der Waals surface area contributed by atoms with E-state index in [1.165, 1.54) is 49.9 Å². The lowest BCUT2D eigenvalue weighted by atomic mass is 9.90. The number of nitrogens with zero attached hydrogens (tertiary/aromatic N) is 2. The van der Waals surface area contributed by atoms with Crippen molar-refractivity contribution < 1.29 is 53.0 Å². The molecule has 18 heteroatoms. The maximum absolute atomic E-state index is 12.1. The molecule has 2 amide bonds. The number of carbonyl (C=O) groups is 4. The van der Waals surface area contributed by atoms with E-state index < -0.39 is 0 Å². The van der Waals surface area contributed by atoms with E-state index in [1.807, 2.05) is 33.8 Å². The molecule has 0 rings (SSSR count). The molecule has 0 aromatic heterocycles. The Labute approximate surface area is 427 Å². The third-order valence-electron chi connectivity index (χ3n) is 8.93. The molecule has 0 saturated carbocycles. The minimum absolute atomic E-state index is 0. The number of amides is 2. The molecule has 0 spiro atoms. The van der Waals surface area contributed by atoms with Crippen LogP contribution in [0.1, 0.15) is 145 Å². The third-order valence-corrected chi connectivity index (χ3v) is 20.0. The molecular formula is C45H90Cl2N4O4S8. The first-order chi connectivity index (χ1) is 28.4. The summed E-state index contributed by atoms with van der Waals surface area (Å²) in [5.74, 6) is 2.68. The van der Waals surface area contributed by atoms with E-state index in [2.05, 4.69) is 110 Å². The first kappa shape index (κ1) is 74.6. The fraction of sp³-hybridized carbons (Fsp3) is 0.822. The summed E-state index contributed by atoms with van der Waals surface area (Å²) in [7, 11) is 22.1. The summed E-state index contributed by atoms with van der Waals surface area (Å²) in [6.07, 6.45) is 18.9. The summed E-state index contributed by atoms with van der Waals surface area (Å²) in [6, 6.07) is 0. The molecule has 0 fully saturated rings. The smallest absolute Gasteiger partial charge is 0.223 e. The molecule has 8 nitrogen and oxygen atoms in total. The number of nitrogens with one attached hydrogen (secondary N) is 2. The highest BCUT2D eigenvalue weighted by molar-refractivity contribution is 8.70. The minimum Gasteiger partial charge on any atom is -1.00 e. The van der Waals surface area contributed by atoms with Crippen molar-refractivity contribution in [1.29, 1.82) is 0 Å². The number of likely N-dealkylation sites (N-methyl/N-ethyl adjacent to an activating group) is 1. The second-order valence-corrected chi connectivity index (χ2v) is 29.5. The first-order valence-corrected chi connectivity index (χ1v) is 31.5. The molecule has 0 heterocycles. The fourth-order valence-corrected chi connectivity index (χ4v) is 16.1. The van der Waals surface area contributed by atoms with Crippen molar-refractivity contribution in [1.82, 2.24) is 10.6 Å². The largest absolute Gasteiger partial charge is 1.00 e. The number of quaternary nitrogens is 2. The zero-order chi connectivity index (χ0) is 47.7. The number of Topliss-reactive ketones (excluding diaryl/α,β-unsaturated/α-hetero) is 2. The molecule has 0 saturated heterocycles. The summed E-state index contributed by atoms with van der Waals surface area (Å²) < 4.78 is 1.87. The number of hydrogen-bond acceptors (Lipinski definition) is 6. The van der Waals surface area contributed by atoms with Gasteiger partial charge in [0.2, 0.25) is 11.8 Å². The summed E-state index contributed by atoms with van der Waals surface area (Å²) >= 11 is 9.21. The van der Waals surface area contributed by atoms with Crippen molar-refractivity contribution >= 4 is 99.0 Å². The van der Waals surface area contributed by atoms with E-state index in [4.69, 9.17) is 0 Å². The van der Waals surface area contributed by atoms with Crippen LogP contribution in [0.15, 0.2) is 24.8 Å². The van der Waals surface area contributed by atoms with Crippen LogP contribution in [0, 0.1) is 29.6 Å². The van der Waals surface area contributed by atoms with Gasteiger partial charge in [-0.15, -0.1) is 0 Å². The van der Waals surface area contributed by atoms with Crippen molar-refractivity contribution in [3.63, 3.8) is 0 Å². The van der Waals surface area contributed by atoms with Crippen LogP contribution in [0.5, 0.6) is 0 Å². The van der Waals surface area contributed by atoms with Gasteiger partial charge in [0.25, 0.3) is 0 Å². The molecule has 2 N–H and O–H groups in total. The number of hydrogen-bond donors (Lipinski definition) is 2. The quantitative estimate of drug-likeness (QED) is 0.0712. The number of ketones is 2. The van der Waals surface area contributed by atoms with Gasteiger partial charge >= 0.3 is 0 Å². The number of rotatable bonds is 28. The van der Waals surface area contributed by atoms with Crippen LogP contribution in [0.25, 0.3) is 0 Å². The van der Waals surface area contributed by atoms with Crippen LogP contribution in [-0.4, -0.2) is 101 Å². The number of carbonyl (C=O) groups excluding carboxylic acids is 4. The fourth-order valence-electron chi connectivity index (χ4n) is 5.17. The Balaban J connectivity index is -0.000000190. The third kappa shape index (κ3) is 68.7. The van der Waals surface area contributed by atoms with Crippen molar-refractivity contribution in [2.45, 2.75) is 145 Å². The van der Waals surface area contributed by atoms with Crippen molar-refractivity contribution in [3.05, 3.63) is 24.8 Å². The molecule has 0 aliphatic carbocycles. The van der Waals surface area contributed by atoms with Gasteiger partial charge in [0.05, 0.1) is 55.4 Å². The molecule has 1 unspecified atom stereocenters. The summed E-state index contributed by atoms with van der Waals surface area (Å²) in [5.41, 5.74) is 0. The Bertz CT molecular complexity index is 1450. The van der Waals surface area contributed by atoms with Gasteiger partial charge in [-0.1, -0.05) is 106 Å². The van der Waals surface area contributed by atoms with Gasteiger partial charge in [-0.25, -0.2) is 0 Å². The molecule has 0 radical (unpaired) electrons. The van der Waals surface area contributed by atoms with Crippen LogP contribution >= 0.6 is 0 Å². The van der Waals surface area contributed by atoms with Crippen molar-refractivity contribution in [2.24, 2.45) is 29.6 Å². The Morgan fingerprint density at radius 2 is 1.03 bits per heavy atom. The highest BCUT2D eigenvalue weighted by Crippen LogP contribution is 2.20. The summed E-state index contributed by atoms with van der Waals surface area (Å²) in [4.78, 5) is 47.1. The lowest BCUT2D eigenvalue weighted by Crippen LogP contribution is -3.00. The highest BCUT2D eigenvalue weighted by Gasteiger charge is 2.20. The van der Waals surface area contributed by atoms with Gasteiger partial charge in [0, 0.05) is 126 Å². The Morgan fingerprint density at radius 3 is 1.48 bits per heavy atom. The lowest BCUT2D eigenvalue weighted by molar-refractivity contribution is -0.870. The first-order valence-electron chi connectivity index (χ1n) is 22.1. The predicted molar refractivity (Wildman–Crippen MR) is 288 cm³/mol. The van der Waals surface area contributed by atoms with Gasteiger partial charge in [-0.2, -0.15) is 0 Å². The van der Waals surface area contributed by atoms with Crippen molar-refractivity contribution in [2.75, 3.05) is 68.5 Å². The molecular weight excluding hydrogens is 988 g/mol. The average Bonchev–Trinajstić information content (AvgIpc) is 3.15. The van der Waals surface area contributed by atoms with Gasteiger partial charge < -0.3 is 44.4 Å². The Hall–Kier alpha value is 0.0200. The highest BCUT2D eigenvalue weighted by atomic mass is 35.5. The SMILES string of the molecule is C=CC[N+](C)(C)C.CC(C)CCCCCCCNC(=O)C/C=C/CC(=O)C(C)C.CC(C)CCCNC(=O)CCC(CC[N+](C)(C)C)CC(=O)C(C)C.S=S=S=S=S=S=S=S.[Cl-].[Cl-]. The topological polar surface area (TPSA) is 92.3 Å². The molecule has 1 atom stereocenters. The number of halogens is 2. The average molecular weight is 1080 g/mol. The number of allylic oxidation sites excluding steroid dienone is 1. The molecule has 0 aliphatic rings. The van der Waals surface area contributed by atoms with Gasteiger partial charge in [-0.3, -0.25) is 19.2 Å². The molecule has 0 bridgehead atoms. The van der Waals surface area contributed by atoms with E-state index in [9.17, 15) is 19.2 Å². The number of unbranched alkanes of at least 4 members (excludes halogenated alkanes) is 4. The zero-order valence-corrected chi connectivity index (χ0v) is 49.6. The zero-order valence-electron chi connectivity index (χ0n) is 41.6. The van der Waals surface area contributed by atoms with Crippen molar-refractivity contribution in [3.8, 4) is 0 Å². The molecule has 376 valence electrons. The van der Waals surface area contributed by atoms with Crippen LogP contribution in [-0.2, 0) is 94.8 Å². The Kier molecular flexibility index (Phi) is 59.1. The minimum atomic E-state index is 0. The standard InChI is InChI=1S/C20H40N2O2.C19H35NO2.C6H14N.2ClH.S8/c1-16(2)9-8-13-21-20(24)11-10-18(12-14-22(5,6)7)15-19(23)17(3)4;1-16(2)12-8-6-5-7-11-15-20-19(22)14-10-9-13-18(21)17(3)4;1-5-6-7(2,3)4;;;1-3-5-7-8-6-4-2/h16-18H,8-15H2,1-7H3;9-10,16-17H,5-8,11-15H2,1-4H3,(H,20,22);5H,1,6H2,2-4H3;2*1H;/q;;+1;;;/p-1/b;10-9+;;;;. The van der Waals surface area contributed by atoms with E-state index in [0.29, 0.717) is 43.3 Å². The monoisotopic (exact) mass is 1080 g/mol. The predicted octanol–water partition coefficient (Wildman–Crippen LogP) is 3.17. The molecule has 0 aliphatic heterocycles. The van der Waals surface area contributed by atoms with E-state index in [1.54, 1.807) is 47.7 Å². The van der Waals surface area contributed by atoms with Gasteiger partial charge in [0.15, 0.2) is 0 Å². The van der Waals surface area contributed by atoms with Crippen LogP contribution < -0.4 is 35.4 Å². The van der Waals surface area contributed by atoms with E-state index >= 15 is 0 Å². The second-order valence-electron chi connectivity index (χ2n) is 18.9. The van der Waals surface area contributed by atoms with E-state index in [-0.39, 0.29) is 54.2 Å². The molecule has 0 aromatic rings. The summed E-state index contributed by atoms with van der Waals surface area (Å²) in [5, 5.41) is 5.94.